The summed E-state index contributed by atoms with van der Waals surface area (Å²) in [4.78, 5) is 15.7. The Bertz CT molecular complexity index is 1190. The van der Waals surface area contributed by atoms with Crippen molar-refractivity contribution in [3.63, 3.8) is 0 Å². The molecule has 4 aromatic rings. The molecule has 0 bridgehead atoms. The first kappa shape index (κ1) is 16.5. The van der Waals surface area contributed by atoms with Crippen LogP contribution in [0.1, 0.15) is 21.6 Å². The Kier molecular flexibility index (Phi) is 3.83. The zero-order chi connectivity index (χ0) is 19.1. The van der Waals surface area contributed by atoms with E-state index in [1.807, 2.05) is 18.2 Å². The summed E-state index contributed by atoms with van der Waals surface area (Å²) in [6, 6.07) is 21.9. The molecule has 0 saturated carbocycles. The Hall–Kier alpha value is -3.66. The van der Waals surface area contributed by atoms with Crippen LogP contribution in [0.4, 0.5) is 0 Å². The van der Waals surface area contributed by atoms with Gasteiger partial charge in [0.1, 0.15) is 0 Å². The van der Waals surface area contributed by atoms with Gasteiger partial charge in [0, 0.05) is 34.9 Å². The minimum Gasteiger partial charge on any atom is -0.478 e. The Labute approximate surface area is 162 Å². The van der Waals surface area contributed by atoms with Crippen LogP contribution in [-0.4, -0.2) is 20.6 Å². The summed E-state index contributed by atoms with van der Waals surface area (Å²) in [5.74, 6) is -0.918. The molecule has 0 radical (unpaired) electrons. The van der Waals surface area contributed by atoms with E-state index in [4.69, 9.17) is 0 Å². The number of carbonyl (C=O) groups is 1. The first-order valence-corrected chi connectivity index (χ1v) is 9.29. The molecule has 0 atom stereocenters. The minimum atomic E-state index is -0.918. The minimum absolute atomic E-state index is 0.289. The van der Waals surface area contributed by atoms with Gasteiger partial charge in [0.2, 0.25) is 0 Å². The summed E-state index contributed by atoms with van der Waals surface area (Å²) in [6.07, 6.45) is 5.46. The van der Waals surface area contributed by atoms with Crippen molar-refractivity contribution in [3.8, 4) is 28.1 Å². The normalized spacial score (nSPS) is 12.3. The number of carboxylic acids is 1. The lowest BCUT2D eigenvalue weighted by Crippen LogP contribution is -2.09. The zero-order valence-electron chi connectivity index (χ0n) is 15.2. The van der Waals surface area contributed by atoms with Crippen LogP contribution in [0, 0.1) is 0 Å². The van der Waals surface area contributed by atoms with Crippen molar-refractivity contribution in [1.29, 1.82) is 0 Å². The van der Waals surface area contributed by atoms with E-state index in [2.05, 4.69) is 39.9 Å². The summed E-state index contributed by atoms with van der Waals surface area (Å²) >= 11 is 0. The topological polar surface area (TPSA) is 55.1 Å². The summed E-state index contributed by atoms with van der Waals surface area (Å²) in [5, 5.41) is 9.44. The molecule has 0 spiro atoms. The first-order chi connectivity index (χ1) is 13.7. The smallest absolute Gasteiger partial charge is 0.335 e. The lowest BCUT2D eigenvalue weighted by Gasteiger charge is -2.20. The molecule has 5 rings (SSSR count). The summed E-state index contributed by atoms with van der Waals surface area (Å²) in [6.45, 7) is 0. The highest BCUT2D eigenvalue weighted by molar-refractivity contribution is 5.88. The van der Waals surface area contributed by atoms with Gasteiger partial charge >= 0.3 is 5.97 Å². The van der Waals surface area contributed by atoms with Gasteiger partial charge in [0.25, 0.3) is 0 Å². The van der Waals surface area contributed by atoms with Gasteiger partial charge < -0.3 is 9.67 Å². The maximum atomic E-state index is 11.5. The lowest BCUT2D eigenvalue weighted by molar-refractivity contribution is 0.0697. The third-order valence-corrected chi connectivity index (χ3v) is 5.37. The molecule has 0 saturated heterocycles. The Morgan fingerprint density at radius 1 is 0.893 bits per heavy atom. The van der Waals surface area contributed by atoms with Crippen molar-refractivity contribution < 1.29 is 9.90 Å². The molecule has 2 aromatic carbocycles. The number of carboxylic acid groups (broad SMARTS) is 1. The molecule has 0 unspecified atom stereocenters. The van der Waals surface area contributed by atoms with Crippen molar-refractivity contribution in [3.05, 3.63) is 95.9 Å². The van der Waals surface area contributed by atoms with Gasteiger partial charge in [-0.05, 0) is 60.4 Å². The number of aromatic carboxylic acids is 1. The molecule has 0 aliphatic heterocycles. The molecular weight excluding hydrogens is 348 g/mol. The third-order valence-electron chi connectivity index (χ3n) is 5.37. The second kappa shape index (κ2) is 6.50. The summed E-state index contributed by atoms with van der Waals surface area (Å²) < 4.78 is 2.20. The molecule has 1 N–H and O–H groups in total. The predicted molar refractivity (Wildman–Crippen MR) is 109 cm³/mol. The summed E-state index contributed by atoms with van der Waals surface area (Å²) in [7, 11) is 0. The molecule has 1 aliphatic rings. The quantitative estimate of drug-likeness (QED) is 0.555. The third kappa shape index (κ3) is 2.62. The molecular formula is C24H18N2O2. The molecule has 0 amide bonds. The van der Waals surface area contributed by atoms with Gasteiger partial charge in [0.15, 0.2) is 0 Å². The molecule has 136 valence electrons. The maximum Gasteiger partial charge on any atom is 0.335 e. The number of nitrogens with zero attached hydrogens (tertiary/aromatic N) is 2. The van der Waals surface area contributed by atoms with Gasteiger partial charge in [-0.15, -0.1) is 0 Å². The average Bonchev–Trinajstić information content (AvgIpc) is 3.14. The average molecular weight is 366 g/mol. The van der Waals surface area contributed by atoms with Crippen LogP contribution in [0.2, 0.25) is 0 Å². The van der Waals surface area contributed by atoms with Gasteiger partial charge in [0.05, 0.1) is 11.3 Å². The largest absolute Gasteiger partial charge is 0.478 e. The number of benzene rings is 2. The Balaban J connectivity index is 1.80. The van der Waals surface area contributed by atoms with Crippen LogP contribution in [0.15, 0.2) is 79.1 Å². The fourth-order valence-electron chi connectivity index (χ4n) is 4.09. The molecule has 28 heavy (non-hydrogen) atoms. The number of pyridine rings is 1. The van der Waals surface area contributed by atoms with Crippen LogP contribution < -0.4 is 0 Å². The van der Waals surface area contributed by atoms with Crippen LogP contribution >= 0.6 is 0 Å². The Morgan fingerprint density at radius 2 is 1.71 bits per heavy atom. The van der Waals surface area contributed by atoms with E-state index in [9.17, 15) is 9.90 Å². The van der Waals surface area contributed by atoms with E-state index in [-0.39, 0.29) is 5.56 Å². The van der Waals surface area contributed by atoms with Crippen LogP contribution in [0.5, 0.6) is 0 Å². The highest BCUT2D eigenvalue weighted by Gasteiger charge is 2.24. The fourth-order valence-corrected chi connectivity index (χ4v) is 4.09. The highest BCUT2D eigenvalue weighted by Crippen LogP contribution is 2.40. The monoisotopic (exact) mass is 366 g/mol. The van der Waals surface area contributed by atoms with E-state index < -0.39 is 5.97 Å². The number of hydrogen-bond donors (Lipinski definition) is 1. The number of aryl methyl sites for hydroxylation is 1. The molecule has 2 aromatic heterocycles. The van der Waals surface area contributed by atoms with Gasteiger partial charge in [-0.25, -0.2) is 4.79 Å². The fraction of sp³-hybridized carbons (Fsp3) is 0.0833. The Morgan fingerprint density at radius 3 is 2.54 bits per heavy atom. The first-order valence-electron chi connectivity index (χ1n) is 9.29. The van der Waals surface area contributed by atoms with Gasteiger partial charge in [-0.2, -0.15) is 0 Å². The van der Waals surface area contributed by atoms with E-state index in [0.717, 1.165) is 29.8 Å². The van der Waals surface area contributed by atoms with Gasteiger partial charge in [-0.3, -0.25) is 4.98 Å². The van der Waals surface area contributed by atoms with E-state index >= 15 is 0 Å². The van der Waals surface area contributed by atoms with Crippen LogP contribution in [-0.2, 0) is 12.8 Å². The number of rotatable bonds is 3. The summed E-state index contributed by atoms with van der Waals surface area (Å²) in [5.41, 5.74) is 8.31. The maximum absolute atomic E-state index is 11.5. The lowest BCUT2D eigenvalue weighted by atomic mass is 9.90. The molecule has 4 heteroatoms. The van der Waals surface area contributed by atoms with Crippen molar-refractivity contribution >= 4 is 5.97 Å². The van der Waals surface area contributed by atoms with Crippen LogP contribution in [0.25, 0.3) is 28.1 Å². The zero-order valence-corrected chi connectivity index (χ0v) is 15.2. The predicted octanol–water partition coefficient (Wildman–Crippen LogP) is 5.00. The van der Waals surface area contributed by atoms with E-state index in [0.29, 0.717) is 0 Å². The second-order valence-corrected chi connectivity index (χ2v) is 6.97. The van der Waals surface area contributed by atoms with Crippen molar-refractivity contribution in [1.82, 2.24) is 9.55 Å². The van der Waals surface area contributed by atoms with Gasteiger partial charge in [-0.1, -0.05) is 30.3 Å². The van der Waals surface area contributed by atoms with Crippen molar-refractivity contribution in [2.24, 2.45) is 0 Å². The SMILES string of the molecule is O=C(O)c1cccc(-n2c(-c3ccncc3)cc3c2CCc2ccccc2-3)c1. The molecule has 1 aliphatic carbocycles. The standard InChI is InChI=1S/C24H18N2O2/c27-24(28)18-5-3-6-19(14-18)26-22-9-8-16-4-1-2-7-20(16)21(22)15-23(26)17-10-12-25-13-11-17/h1-7,10-15H,8-9H2,(H,27,28). The second-order valence-electron chi connectivity index (χ2n) is 6.97. The van der Waals surface area contributed by atoms with Crippen molar-refractivity contribution in [2.45, 2.75) is 12.8 Å². The molecule has 2 heterocycles. The van der Waals surface area contributed by atoms with Crippen LogP contribution in [0.3, 0.4) is 0 Å². The van der Waals surface area contributed by atoms with Crippen molar-refractivity contribution in [2.75, 3.05) is 0 Å². The van der Waals surface area contributed by atoms with E-state index in [1.54, 1.807) is 30.6 Å². The number of aromatic nitrogens is 2. The molecule has 0 fully saturated rings. The number of fused-ring (bicyclic) bond motifs is 3. The number of hydrogen-bond acceptors (Lipinski definition) is 2. The highest BCUT2D eigenvalue weighted by atomic mass is 16.4. The van der Waals surface area contributed by atoms with E-state index in [1.165, 1.54) is 22.4 Å². The molecule has 4 nitrogen and oxygen atoms in total.